The zero-order valence-electron chi connectivity index (χ0n) is 15.0. The van der Waals surface area contributed by atoms with Gasteiger partial charge in [-0.1, -0.05) is 6.92 Å². The molecule has 4 rings (SSSR count). The number of nitrogen functional groups attached to an aromatic ring is 1. The molecule has 8 nitrogen and oxygen atoms in total. The summed E-state index contributed by atoms with van der Waals surface area (Å²) in [5.74, 6) is 2.37. The average Bonchev–Trinajstić information content (AvgIpc) is 3.06. The molecule has 0 saturated carbocycles. The second-order valence-electron chi connectivity index (χ2n) is 7.38. The van der Waals surface area contributed by atoms with Crippen molar-refractivity contribution in [1.29, 1.82) is 5.26 Å². The number of nitrogens with one attached hydrogen (secondary N) is 2. The van der Waals surface area contributed by atoms with Crippen LogP contribution in [0.2, 0.25) is 0 Å². The van der Waals surface area contributed by atoms with Crippen molar-refractivity contribution in [2.24, 2.45) is 5.92 Å². The first-order valence-electron chi connectivity index (χ1n) is 9.24. The number of hydrogen-bond donors (Lipinski definition) is 3. The maximum atomic E-state index is 9.59. The van der Waals surface area contributed by atoms with E-state index in [-0.39, 0.29) is 0 Å². The number of anilines is 3. The predicted octanol–water partition coefficient (Wildman–Crippen LogP) is 1.86. The third-order valence-electron chi connectivity index (χ3n) is 5.37. The molecule has 0 amide bonds. The van der Waals surface area contributed by atoms with Gasteiger partial charge in [-0.05, 0) is 49.7 Å². The fraction of sp³-hybridized carbons (Fsp3) is 0.556. The highest BCUT2D eigenvalue weighted by atomic mass is 15.3. The first-order chi connectivity index (χ1) is 12.6. The molecule has 3 heterocycles. The third-order valence-corrected chi connectivity index (χ3v) is 5.37. The fourth-order valence-electron chi connectivity index (χ4n) is 3.89. The van der Waals surface area contributed by atoms with Gasteiger partial charge in [-0.15, -0.1) is 5.10 Å². The van der Waals surface area contributed by atoms with Crippen LogP contribution in [0.1, 0.15) is 43.0 Å². The molecular weight excluding hydrogens is 328 g/mol. The number of nitriles is 1. The molecular formula is C18H24N8. The van der Waals surface area contributed by atoms with E-state index in [1.165, 1.54) is 17.7 Å². The summed E-state index contributed by atoms with van der Waals surface area (Å²) < 4.78 is 0. The molecule has 2 aliphatic rings. The maximum absolute atomic E-state index is 9.59. The van der Waals surface area contributed by atoms with E-state index in [1.54, 1.807) is 0 Å². The summed E-state index contributed by atoms with van der Waals surface area (Å²) in [7, 11) is 0. The van der Waals surface area contributed by atoms with Gasteiger partial charge in [0.1, 0.15) is 11.9 Å². The van der Waals surface area contributed by atoms with Crippen molar-refractivity contribution in [3.63, 3.8) is 0 Å². The van der Waals surface area contributed by atoms with Gasteiger partial charge in [0.25, 0.3) is 0 Å². The van der Waals surface area contributed by atoms with Crippen LogP contribution < -0.4 is 16.0 Å². The van der Waals surface area contributed by atoms with E-state index in [9.17, 15) is 5.26 Å². The number of hydrogen-bond acceptors (Lipinski definition) is 7. The predicted molar refractivity (Wildman–Crippen MR) is 99.8 cm³/mol. The minimum Gasteiger partial charge on any atom is -0.368 e. The molecule has 4 N–H and O–H groups in total. The minimum atomic E-state index is 0.296. The highest BCUT2D eigenvalue weighted by Gasteiger charge is 2.25. The van der Waals surface area contributed by atoms with Crippen LogP contribution >= 0.6 is 0 Å². The van der Waals surface area contributed by atoms with Crippen LogP contribution in [-0.2, 0) is 12.8 Å². The molecule has 1 saturated heterocycles. The number of aromatic amines is 1. The van der Waals surface area contributed by atoms with Crippen LogP contribution in [0.15, 0.2) is 6.07 Å². The smallest absolute Gasteiger partial charge is 0.243 e. The molecule has 1 fully saturated rings. The van der Waals surface area contributed by atoms with Crippen molar-refractivity contribution in [1.82, 2.24) is 20.2 Å². The van der Waals surface area contributed by atoms with E-state index >= 15 is 0 Å². The lowest BCUT2D eigenvalue weighted by atomic mass is 9.87. The minimum absolute atomic E-state index is 0.296. The van der Waals surface area contributed by atoms with Crippen LogP contribution in [-0.4, -0.2) is 39.3 Å². The largest absolute Gasteiger partial charge is 0.368 e. The number of nitrogens with two attached hydrogens (primary N) is 1. The lowest BCUT2D eigenvalue weighted by Crippen LogP contribution is -2.40. The normalized spacial score (nSPS) is 20.5. The Morgan fingerprint density at radius 2 is 2.12 bits per heavy atom. The number of rotatable bonds is 3. The van der Waals surface area contributed by atoms with Crippen molar-refractivity contribution in [3.8, 4) is 6.07 Å². The molecule has 0 aromatic carbocycles. The van der Waals surface area contributed by atoms with E-state index in [0.717, 1.165) is 44.6 Å². The Morgan fingerprint density at radius 1 is 1.31 bits per heavy atom. The molecule has 1 aliphatic heterocycles. The zero-order chi connectivity index (χ0) is 18.1. The number of pyridine rings is 1. The molecule has 0 spiro atoms. The van der Waals surface area contributed by atoms with Crippen LogP contribution in [0.3, 0.4) is 0 Å². The van der Waals surface area contributed by atoms with Crippen molar-refractivity contribution >= 4 is 17.7 Å². The van der Waals surface area contributed by atoms with Crippen LogP contribution in [0.25, 0.3) is 0 Å². The summed E-state index contributed by atoms with van der Waals surface area (Å²) in [6, 6.07) is 4.71. The molecule has 8 heteroatoms. The van der Waals surface area contributed by atoms with Gasteiger partial charge in [0.15, 0.2) is 0 Å². The van der Waals surface area contributed by atoms with Crippen molar-refractivity contribution in [3.05, 3.63) is 22.9 Å². The number of H-pyrrole nitrogens is 1. The summed E-state index contributed by atoms with van der Waals surface area (Å²) in [5.41, 5.74) is 8.69. The van der Waals surface area contributed by atoms with Gasteiger partial charge in [0, 0.05) is 24.8 Å². The van der Waals surface area contributed by atoms with Crippen LogP contribution in [0, 0.1) is 17.2 Å². The fourth-order valence-corrected chi connectivity index (χ4v) is 3.89. The highest BCUT2D eigenvalue weighted by Crippen LogP contribution is 2.30. The number of aryl methyl sites for hydroxylation is 1. The Morgan fingerprint density at radius 3 is 2.81 bits per heavy atom. The molecule has 0 radical (unpaired) electrons. The van der Waals surface area contributed by atoms with Gasteiger partial charge in [-0.25, -0.2) is 10.1 Å². The monoisotopic (exact) mass is 352 g/mol. The van der Waals surface area contributed by atoms with Gasteiger partial charge >= 0.3 is 0 Å². The van der Waals surface area contributed by atoms with Gasteiger partial charge < -0.3 is 16.0 Å². The third kappa shape index (κ3) is 3.29. The second-order valence-corrected chi connectivity index (χ2v) is 7.38. The van der Waals surface area contributed by atoms with E-state index in [0.29, 0.717) is 29.4 Å². The summed E-state index contributed by atoms with van der Waals surface area (Å²) in [5, 5.41) is 19.6. The topological polar surface area (TPSA) is 120 Å². The van der Waals surface area contributed by atoms with E-state index in [2.05, 4.69) is 44.5 Å². The first kappa shape index (κ1) is 16.6. The second kappa shape index (κ2) is 6.83. The summed E-state index contributed by atoms with van der Waals surface area (Å²) in [6.45, 7) is 3.98. The summed E-state index contributed by atoms with van der Waals surface area (Å²) >= 11 is 0. The van der Waals surface area contributed by atoms with E-state index in [4.69, 9.17) is 10.7 Å². The number of aromatic nitrogens is 4. The number of nitrogens with zero attached hydrogens (tertiary/aromatic N) is 5. The quantitative estimate of drug-likeness (QED) is 0.771. The Hall–Kier alpha value is -2.82. The highest BCUT2D eigenvalue weighted by molar-refractivity contribution is 5.57. The Bertz CT molecular complexity index is 828. The molecule has 136 valence electrons. The molecule has 1 unspecified atom stereocenters. The van der Waals surface area contributed by atoms with Crippen LogP contribution in [0.4, 0.5) is 17.7 Å². The molecule has 1 atom stereocenters. The molecule has 2 aromatic heterocycles. The lowest BCUT2D eigenvalue weighted by molar-refractivity contribution is 0.488. The van der Waals surface area contributed by atoms with Crippen molar-refractivity contribution in [2.45, 2.75) is 45.1 Å². The molecule has 0 bridgehead atoms. The first-order valence-corrected chi connectivity index (χ1v) is 9.24. The van der Waals surface area contributed by atoms with E-state index in [1.807, 2.05) is 0 Å². The van der Waals surface area contributed by atoms with Gasteiger partial charge in [0.2, 0.25) is 11.9 Å². The van der Waals surface area contributed by atoms with Crippen molar-refractivity contribution < 1.29 is 0 Å². The summed E-state index contributed by atoms with van der Waals surface area (Å²) in [6.07, 6.45) is 5.10. The standard InChI is InChI=1S/C18H24N8/c1-11-2-3-12-9-13(10-19)16(22-15(12)8-11)26-6-4-14(5-7-26)21-18-23-17(20)24-25-18/h9,11,14H,2-8H2,1H3,(H4,20,21,23,24,25). The average molecular weight is 352 g/mol. The number of piperidine rings is 1. The Balaban J connectivity index is 1.47. The van der Waals surface area contributed by atoms with Gasteiger partial charge in [-0.2, -0.15) is 10.2 Å². The molecule has 1 aliphatic carbocycles. The van der Waals surface area contributed by atoms with Gasteiger partial charge in [-0.3, -0.25) is 0 Å². The number of fused-ring (bicyclic) bond motifs is 1. The zero-order valence-corrected chi connectivity index (χ0v) is 15.0. The SMILES string of the molecule is CC1CCc2cc(C#N)c(N3CCC(Nc4n[nH]c(N)n4)CC3)nc2C1. The molecule has 26 heavy (non-hydrogen) atoms. The van der Waals surface area contributed by atoms with Gasteiger partial charge in [0.05, 0.1) is 5.56 Å². The Labute approximate surface area is 152 Å². The molecule has 2 aromatic rings. The van der Waals surface area contributed by atoms with E-state index < -0.39 is 0 Å². The summed E-state index contributed by atoms with van der Waals surface area (Å²) in [4.78, 5) is 11.2. The lowest BCUT2D eigenvalue weighted by Gasteiger charge is -2.34. The maximum Gasteiger partial charge on any atom is 0.243 e. The van der Waals surface area contributed by atoms with Crippen molar-refractivity contribution in [2.75, 3.05) is 29.0 Å². The van der Waals surface area contributed by atoms with Crippen LogP contribution in [0.5, 0.6) is 0 Å². The Kier molecular flexibility index (Phi) is 4.37.